The van der Waals surface area contributed by atoms with Gasteiger partial charge in [0, 0.05) is 44.9 Å². The number of unbranched alkanes of at least 4 members (excludes halogenated alkanes) is 13. The Kier molecular flexibility index (Phi) is 44.3. The maximum absolute atomic E-state index is 11.8. The van der Waals surface area contributed by atoms with Crippen LogP contribution in [0.3, 0.4) is 0 Å². The van der Waals surface area contributed by atoms with Gasteiger partial charge >= 0.3 is 0 Å². The number of carbonyl (C=O) groups is 5. The predicted molar refractivity (Wildman–Crippen MR) is 219 cm³/mol. The van der Waals surface area contributed by atoms with E-state index in [2.05, 4.69) is 24.5 Å². The summed E-state index contributed by atoms with van der Waals surface area (Å²) in [5.41, 5.74) is 0. The van der Waals surface area contributed by atoms with Gasteiger partial charge in [-0.1, -0.05) is 104 Å². The molecule has 0 saturated carbocycles. The summed E-state index contributed by atoms with van der Waals surface area (Å²) < 4.78 is 21.4. The van der Waals surface area contributed by atoms with E-state index in [0.29, 0.717) is 77.6 Å². The van der Waals surface area contributed by atoms with E-state index in [1.807, 2.05) is 6.92 Å². The van der Waals surface area contributed by atoms with Crippen molar-refractivity contribution >= 4 is 29.2 Å². The summed E-state index contributed by atoms with van der Waals surface area (Å²) in [6.07, 6.45) is 23.0. The van der Waals surface area contributed by atoms with E-state index in [0.717, 1.165) is 57.8 Å². The Hall–Kier alpha value is -2.25. The highest BCUT2D eigenvalue weighted by Gasteiger charge is 2.14. The number of ketones is 3. The maximum atomic E-state index is 11.8. The Morgan fingerprint density at radius 2 is 1.04 bits per heavy atom. The average molecular weight is 787 g/mol. The van der Waals surface area contributed by atoms with Crippen molar-refractivity contribution in [1.29, 1.82) is 0 Å². The molecule has 0 aliphatic rings. The predicted octanol–water partition coefficient (Wildman–Crippen LogP) is 7.25. The monoisotopic (exact) mass is 787 g/mol. The second-order valence-corrected chi connectivity index (χ2v) is 14.3. The molecule has 0 aliphatic heterocycles. The second kappa shape index (κ2) is 44.5. The largest absolute Gasteiger partial charge is 0.389 e. The molecule has 12 nitrogen and oxygen atoms in total. The lowest BCUT2D eigenvalue weighted by molar-refractivity contribution is -0.127. The van der Waals surface area contributed by atoms with Crippen molar-refractivity contribution in [3.8, 4) is 0 Å². The average Bonchev–Trinajstić information content (AvgIpc) is 3.17. The van der Waals surface area contributed by atoms with Gasteiger partial charge < -0.3 is 39.5 Å². The van der Waals surface area contributed by atoms with Crippen molar-refractivity contribution in [3.05, 3.63) is 0 Å². The fourth-order valence-electron chi connectivity index (χ4n) is 5.68. The van der Waals surface area contributed by atoms with Gasteiger partial charge in [-0.25, -0.2) is 0 Å². The quantitative estimate of drug-likeness (QED) is 0.0538. The number of carbonyl (C=O) groups excluding carboxylic acids is 5. The fourth-order valence-corrected chi connectivity index (χ4v) is 5.68. The normalized spacial score (nSPS) is 11.4. The van der Waals surface area contributed by atoms with Gasteiger partial charge in [-0.2, -0.15) is 0 Å². The summed E-state index contributed by atoms with van der Waals surface area (Å²) in [7, 11) is 0. The number of amides is 2. The van der Waals surface area contributed by atoms with E-state index in [-0.39, 0.29) is 49.1 Å². The molecule has 0 heterocycles. The molecule has 3 N–H and O–H groups in total. The molecule has 0 saturated heterocycles. The lowest BCUT2D eigenvalue weighted by atomic mass is 9.95. The van der Waals surface area contributed by atoms with Crippen LogP contribution in [0, 0.1) is 5.92 Å². The van der Waals surface area contributed by atoms with Crippen molar-refractivity contribution in [2.75, 3.05) is 72.6 Å². The highest BCUT2D eigenvalue weighted by molar-refractivity contribution is 5.82. The molecule has 0 rings (SSSR count). The molecule has 0 aromatic carbocycles. The highest BCUT2D eigenvalue weighted by atomic mass is 16.5. The summed E-state index contributed by atoms with van der Waals surface area (Å²) in [5.74, 6) is -0.0335. The zero-order valence-electron chi connectivity index (χ0n) is 35.5. The van der Waals surface area contributed by atoms with E-state index in [4.69, 9.17) is 24.1 Å². The van der Waals surface area contributed by atoms with Crippen LogP contribution in [0.15, 0.2) is 0 Å². The molecule has 0 spiro atoms. The van der Waals surface area contributed by atoms with Crippen LogP contribution in [-0.2, 0) is 42.9 Å². The number of ether oxygens (including phenoxy) is 4. The van der Waals surface area contributed by atoms with Gasteiger partial charge in [0.15, 0.2) is 11.6 Å². The minimum absolute atomic E-state index is 0.00271. The van der Waals surface area contributed by atoms with Crippen LogP contribution >= 0.6 is 0 Å². The van der Waals surface area contributed by atoms with Gasteiger partial charge in [0.1, 0.15) is 25.6 Å². The summed E-state index contributed by atoms with van der Waals surface area (Å²) in [5, 5.41) is 14.5. The molecule has 0 aliphatic carbocycles. The van der Waals surface area contributed by atoms with Crippen LogP contribution in [0.4, 0.5) is 0 Å². The molecular formula is C43H82N2O10. The van der Waals surface area contributed by atoms with Gasteiger partial charge in [-0.15, -0.1) is 0 Å². The van der Waals surface area contributed by atoms with Gasteiger partial charge in [-0.05, 0) is 45.4 Å². The summed E-state index contributed by atoms with van der Waals surface area (Å²) in [6.45, 7) is 10.7. The lowest BCUT2D eigenvalue weighted by Gasteiger charge is -2.12. The standard InChI is InChI=1S/C29H54N2O9.C14H28O/c1-3-5-6-7-13-28(35)31-15-17-38-19-20-39-23-26(33)12-10-16-37-18-21-40-24-29(36)30-14-9-8-11-25(4-2)27(34)22-32;1-3-4-5-6-7-8-9-10-11-12-13-14(2)15/h25,32H,3-24H2,1-2H3,(H,30,36)(H,31,35);3-13H2,1-2H3/t25-;/m0./s1. The molecule has 2 amide bonds. The van der Waals surface area contributed by atoms with Crippen molar-refractivity contribution in [2.45, 2.75) is 169 Å². The Balaban J connectivity index is 0. The van der Waals surface area contributed by atoms with E-state index in [1.54, 1.807) is 6.92 Å². The molecule has 0 bridgehead atoms. The SMILES string of the molecule is CCCCCCC(=O)NCCOCCOCC(=O)CCCOCCOCC(=O)NCCCC[C@H](CC)C(=O)CO.CCCCCCCCCCCCC(C)=O. The van der Waals surface area contributed by atoms with E-state index >= 15 is 0 Å². The Morgan fingerprint density at radius 1 is 0.509 bits per heavy atom. The first-order valence-corrected chi connectivity index (χ1v) is 21.7. The van der Waals surface area contributed by atoms with Gasteiger partial charge in [0.05, 0.1) is 33.0 Å². The number of hydrogen-bond donors (Lipinski definition) is 3. The number of Topliss-reactive ketones (excluding diaryl/α,β-unsaturated/α-hetero) is 3. The van der Waals surface area contributed by atoms with Crippen LogP contribution in [0.2, 0.25) is 0 Å². The van der Waals surface area contributed by atoms with Gasteiger partial charge in [0.25, 0.3) is 0 Å². The summed E-state index contributed by atoms with van der Waals surface area (Å²) in [6, 6.07) is 0. The Morgan fingerprint density at radius 3 is 1.64 bits per heavy atom. The van der Waals surface area contributed by atoms with E-state index in [9.17, 15) is 24.0 Å². The molecule has 0 aromatic rings. The first kappa shape index (κ1) is 54.8. The number of aliphatic hydroxyl groups excluding tert-OH is 1. The van der Waals surface area contributed by atoms with Crippen molar-refractivity contribution in [1.82, 2.24) is 10.6 Å². The third-order valence-corrected chi connectivity index (χ3v) is 9.10. The maximum Gasteiger partial charge on any atom is 0.245 e. The molecule has 0 aromatic heterocycles. The van der Waals surface area contributed by atoms with Crippen molar-refractivity contribution in [2.24, 2.45) is 5.92 Å². The number of rotatable bonds is 41. The molecule has 1 atom stereocenters. The summed E-state index contributed by atoms with van der Waals surface area (Å²) in [4.78, 5) is 57.5. The van der Waals surface area contributed by atoms with Crippen LogP contribution in [0.1, 0.15) is 169 Å². The first-order chi connectivity index (χ1) is 26.7. The third-order valence-electron chi connectivity index (χ3n) is 9.10. The zero-order valence-corrected chi connectivity index (χ0v) is 35.5. The number of aliphatic hydroxyl groups is 1. The van der Waals surface area contributed by atoms with E-state index < -0.39 is 6.61 Å². The zero-order chi connectivity index (χ0) is 41.0. The Bertz CT molecular complexity index is 918. The van der Waals surface area contributed by atoms with E-state index in [1.165, 1.54) is 57.8 Å². The van der Waals surface area contributed by atoms with Gasteiger partial charge in [-0.3, -0.25) is 19.2 Å². The fraction of sp³-hybridized carbons (Fsp3) is 0.884. The van der Waals surface area contributed by atoms with Crippen molar-refractivity contribution in [3.63, 3.8) is 0 Å². The third kappa shape index (κ3) is 44.3. The molecule has 324 valence electrons. The topological polar surface area (TPSA) is 167 Å². The minimum atomic E-state index is -0.412. The minimum Gasteiger partial charge on any atom is -0.389 e. The molecule has 12 heteroatoms. The number of hydrogen-bond acceptors (Lipinski definition) is 10. The molecule has 0 radical (unpaired) electrons. The smallest absolute Gasteiger partial charge is 0.245 e. The molecule has 0 fully saturated rings. The first-order valence-electron chi connectivity index (χ1n) is 21.7. The van der Waals surface area contributed by atoms with Crippen LogP contribution < -0.4 is 10.6 Å². The second-order valence-electron chi connectivity index (χ2n) is 14.3. The van der Waals surface area contributed by atoms with Crippen LogP contribution in [0.5, 0.6) is 0 Å². The van der Waals surface area contributed by atoms with Crippen LogP contribution in [-0.4, -0.2) is 107 Å². The Labute approximate surface area is 334 Å². The van der Waals surface area contributed by atoms with Crippen molar-refractivity contribution < 1.29 is 48.0 Å². The van der Waals surface area contributed by atoms with Gasteiger partial charge in [0.2, 0.25) is 11.8 Å². The number of nitrogens with one attached hydrogen (secondary N) is 2. The summed E-state index contributed by atoms with van der Waals surface area (Å²) >= 11 is 0. The molecule has 55 heavy (non-hydrogen) atoms. The lowest BCUT2D eigenvalue weighted by Crippen LogP contribution is -2.29. The molecule has 0 unspecified atom stereocenters. The molecular weight excluding hydrogens is 704 g/mol. The van der Waals surface area contributed by atoms with Crippen LogP contribution in [0.25, 0.3) is 0 Å². The highest BCUT2D eigenvalue weighted by Crippen LogP contribution is 2.13.